The summed E-state index contributed by atoms with van der Waals surface area (Å²) in [5.41, 5.74) is 2.49. The summed E-state index contributed by atoms with van der Waals surface area (Å²) < 4.78 is 19.7. The Bertz CT molecular complexity index is 893. The number of amides is 1. The molecule has 122 valence electrons. The van der Waals surface area contributed by atoms with E-state index in [1.165, 1.54) is 6.07 Å². The first-order valence-corrected chi connectivity index (χ1v) is 7.81. The van der Waals surface area contributed by atoms with Crippen molar-refractivity contribution < 1.29 is 13.9 Å². The fraction of sp³-hybridized carbons (Fsp3) is 0.222. The minimum Gasteiger partial charge on any atom is -0.370 e. The number of ether oxygens (including phenoxy) is 1. The number of para-hydroxylation sites is 1. The number of nitrogens with one attached hydrogen (secondary N) is 1. The topological polar surface area (TPSA) is 58.2 Å². The number of carbonyl (C=O) groups is 1. The molecule has 6 heteroatoms. The molecular weight excluding hydrogens is 309 g/mol. The molecule has 1 unspecified atom stereocenters. The van der Waals surface area contributed by atoms with Gasteiger partial charge in [-0.05, 0) is 18.2 Å². The van der Waals surface area contributed by atoms with Gasteiger partial charge in [0.15, 0.2) is 0 Å². The van der Waals surface area contributed by atoms with Crippen molar-refractivity contribution in [3.63, 3.8) is 0 Å². The molecule has 2 aromatic carbocycles. The van der Waals surface area contributed by atoms with Crippen LogP contribution in [0.15, 0.2) is 48.8 Å². The Morgan fingerprint density at radius 1 is 1.25 bits per heavy atom. The molecule has 5 nitrogen and oxygen atoms in total. The summed E-state index contributed by atoms with van der Waals surface area (Å²) in [4.78, 5) is 21.8. The number of benzene rings is 2. The quantitative estimate of drug-likeness (QED) is 0.788. The Morgan fingerprint density at radius 3 is 3.00 bits per heavy atom. The highest BCUT2D eigenvalue weighted by atomic mass is 19.1. The number of nitrogens with zero attached hydrogens (tertiary/aromatic N) is 2. The predicted molar refractivity (Wildman–Crippen MR) is 87.1 cm³/mol. The third-order valence-electron chi connectivity index (χ3n) is 4.29. The van der Waals surface area contributed by atoms with Crippen LogP contribution in [0.5, 0.6) is 0 Å². The third kappa shape index (κ3) is 2.55. The summed E-state index contributed by atoms with van der Waals surface area (Å²) >= 11 is 0. The summed E-state index contributed by atoms with van der Waals surface area (Å²) in [6.07, 6.45) is 1.12. The van der Waals surface area contributed by atoms with E-state index in [2.05, 4.69) is 9.97 Å². The van der Waals surface area contributed by atoms with Gasteiger partial charge in [-0.25, -0.2) is 9.37 Å². The minimum atomic E-state index is -0.456. The first-order chi connectivity index (χ1) is 11.7. The van der Waals surface area contributed by atoms with Crippen molar-refractivity contribution in [2.45, 2.75) is 6.10 Å². The number of aromatic nitrogens is 2. The van der Waals surface area contributed by atoms with Crippen molar-refractivity contribution in [1.29, 1.82) is 0 Å². The number of morpholine rings is 1. The third-order valence-corrected chi connectivity index (χ3v) is 4.29. The normalized spacial score (nSPS) is 18.0. The maximum absolute atomic E-state index is 14.0. The first kappa shape index (κ1) is 14.8. The molecule has 24 heavy (non-hydrogen) atoms. The number of rotatable bonds is 2. The van der Waals surface area contributed by atoms with E-state index in [4.69, 9.17) is 4.74 Å². The molecule has 0 aliphatic carbocycles. The number of fused-ring (bicyclic) bond motifs is 1. The molecule has 4 rings (SSSR count). The highest BCUT2D eigenvalue weighted by Gasteiger charge is 2.28. The van der Waals surface area contributed by atoms with E-state index in [0.717, 1.165) is 5.52 Å². The van der Waals surface area contributed by atoms with Crippen LogP contribution in [0.3, 0.4) is 0 Å². The summed E-state index contributed by atoms with van der Waals surface area (Å²) in [6.45, 7) is 1.17. The van der Waals surface area contributed by atoms with Crippen LogP contribution < -0.4 is 0 Å². The van der Waals surface area contributed by atoms with E-state index >= 15 is 0 Å². The standard InChI is InChI=1S/C18H16FN3O2/c19-14-6-2-1-4-12(14)16-10-22(8-9-24-16)18(23)13-5-3-7-15-17(13)21-11-20-15/h1-7,11,16H,8-10H2,(H,20,21). The SMILES string of the molecule is O=C(c1cccc2[nH]cnc12)N1CCOC(c2ccccc2F)C1. The van der Waals surface area contributed by atoms with Gasteiger partial charge in [0.1, 0.15) is 17.4 Å². The molecule has 1 amide bonds. The molecule has 1 fully saturated rings. The summed E-state index contributed by atoms with van der Waals surface area (Å²) in [5.74, 6) is -0.427. The molecule has 0 radical (unpaired) electrons. The van der Waals surface area contributed by atoms with Crippen molar-refractivity contribution in [1.82, 2.24) is 14.9 Å². The van der Waals surface area contributed by atoms with E-state index in [1.54, 1.807) is 35.5 Å². The Kier molecular flexibility index (Phi) is 3.74. The van der Waals surface area contributed by atoms with Crippen molar-refractivity contribution in [3.8, 4) is 0 Å². The van der Waals surface area contributed by atoms with Gasteiger partial charge in [0.05, 0.1) is 30.6 Å². The number of imidazole rings is 1. The average Bonchev–Trinajstić information content (AvgIpc) is 3.10. The second kappa shape index (κ2) is 6.05. The first-order valence-electron chi connectivity index (χ1n) is 7.81. The van der Waals surface area contributed by atoms with Gasteiger partial charge in [-0.2, -0.15) is 0 Å². The number of carbonyl (C=O) groups excluding carboxylic acids is 1. The van der Waals surface area contributed by atoms with Crippen LogP contribution in [0.25, 0.3) is 11.0 Å². The smallest absolute Gasteiger partial charge is 0.256 e. The Balaban J connectivity index is 1.61. The van der Waals surface area contributed by atoms with Crippen LogP contribution in [0.4, 0.5) is 4.39 Å². The van der Waals surface area contributed by atoms with Gasteiger partial charge >= 0.3 is 0 Å². The van der Waals surface area contributed by atoms with E-state index in [1.807, 2.05) is 12.1 Å². The second-order valence-corrected chi connectivity index (χ2v) is 5.74. The number of H-pyrrole nitrogens is 1. The molecule has 0 saturated carbocycles. The lowest BCUT2D eigenvalue weighted by Gasteiger charge is -2.33. The largest absolute Gasteiger partial charge is 0.370 e. The molecule has 1 aliphatic heterocycles. The van der Waals surface area contributed by atoms with Crippen LogP contribution in [0, 0.1) is 5.82 Å². The van der Waals surface area contributed by atoms with Gasteiger partial charge in [0, 0.05) is 12.1 Å². The van der Waals surface area contributed by atoms with Gasteiger partial charge < -0.3 is 14.6 Å². The second-order valence-electron chi connectivity index (χ2n) is 5.74. The van der Waals surface area contributed by atoms with Gasteiger partial charge in [0.2, 0.25) is 0 Å². The predicted octanol–water partition coefficient (Wildman–Crippen LogP) is 2.92. The lowest BCUT2D eigenvalue weighted by molar-refractivity contribution is -0.0242. The Morgan fingerprint density at radius 2 is 2.12 bits per heavy atom. The summed E-state index contributed by atoms with van der Waals surface area (Å²) in [7, 11) is 0. The van der Waals surface area contributed by atoms with E-state index in [-0.39, 0.29) is 11.7 Å². The zero-order valence-electron chi connectivity index (χ0n) is 12.9. The van der Waals surface area contributed by atoms with Crippen LogP contribution in [0.1, 0.15) is 22.0 Å². The highest BCUT2D eigenvalue weighted by Crippen LogP contribution is 2.26. The van der Waals surface area contributed by atoms with Gasteiger partial charge in [-0.1, -0.05) is 24.3 Å². The monoisotopic (exact) mass is 325 g/mol. The summed E-state index contributed by atoms with van der Waals surface area (Å²) in [5, 5.41) is 0. The lowest BCUT2D eigenvalue weighted by atomic mass is 10.1. The van der Waals surface area contributed by atoms with Crippen LogP contribution in [-0.2, 0) is 4.74 Å². The molecule has 0 bridgehead atoms. The number of halogens is 1. The van der Waals surface area contributed by atoms with Crippen molar-refractivity contribution >= 4 is 16.9 Å². The van der Waals surface area contributed by atoms with Crippen LogP contribution in [0.2, 0.25) is 0 Å². The molecule has 1 aliphatic rings. The van der Waals surface area contributed by atoms with E-state index in [9.17, 15) is 9.18 Å². The zero-order valence-corrected chi connectivity index (χ0v) is 12.9. The average molecular weight is 325 g/mol. The number of hydrogen-bond donors (Lipinski definition) is 1. The number of aromatic amines is 1. The molecule has 1 saturated heterocycles. The Labute approximate surface area is 138 Å². The molecule has 1 aromatic heterocycles. The molecule has 1 atom stereocenters. The van der Waals surface area contributed by atoms with Crippen molar-refractivity contribution in [3.05, 3.63) is 65.7 Å². The highest BCUT2D eigenvalue weighted by molar-refractivity contribution is 6.04. The Hall–Kier alpha value is -2.73. The van der Waals surface area contributed by atoms with Crippen LogP contribution in [-0.4, -0.2) is 40.5 Å². The molecular formula is C18H16FN3O2. The maximum atomic E-state index is 14.0. The van der Waals surface area contributed by atoms with E-state index < -0.39 is 6.10 Å². The number of hydrogen-bond acceptors (Lipinski definition) is 3. The minimum absolute atomic E-state index is 0.114. The van der Waals surface area contributed by atoms with Crippen molar-refractivity contribution in [2.75, 3.05) is 19.7 Å². The van der Waals surface area contributed by atoms with Gasteiger partial charge in [-0.3, -0.25) is 4.79 Å². The fourth-order valence-electron chi connectivity index (χ4n) is 3.07. The fourth-order valence-corrected chi connectivity index (χ4v) is 3.07. The molecule has 3 aromatic rings. The van der Waals surface area contributed by atoms with Crippen LogP contribution >= 0.6 is 0 Å². The van der Waals surface area contributed by atoms with Crippen molar-refractivity contribution in [2.24, 2.45) is 0 Å². The molecule has 1 N–H and O–H groups in total. The summed E-state index contributed by atoms with van der Waals surface area (Å²) in [6, 6.07) is 12.0. The molecule has 0 spiro atoms. The lowest BCUT2D eigenvalue weighted by Crippen LogP contribution is -2.42. The zero-order chi connectivity index (χ0) is 16.5. The van der Waals surface area contributed by atoms with Gasteiger partial charge in [-0.15, -0.1) is 0 Å². The van der Waals surface area contributed by atoms with E-state index in [0.29, 0.717) is 36.3 Å². The maximum Gasteiger partial charge on any atom is 0.256 e. The van der Waals surface area contributed by atoms with Gasteiger partial charge in [0.25, 0.3) is 5.91 Å². The molecule has 2 heterocycles.